The van der Waals surface area contributed by atoms with Crippen LogP contribution in [-0.4, -0.2) is 12.6 Å². The van der Waals surface area contributed by atoms with Crippen molar-refractivity contribution < 1.29 is 27.5 Å². The maximum absolute atomic E-state index is 13.8. The normalized spacial score (nSPS) is 11.2. The van der Waals surface area contributed by atoms with Crippen LogP contribution in [0.4, 0.5) is 8.78 Å². The minimum absolute atomic E-state index is 0.0273. The molecule has 0 amide bonds. The van der Waals surface area contributed by atoms with Gasteiger partial charge in [-0.25, -0.2) is 8.78 Å². The molecule has 0 saturated carbocycles. The maximum Gasteiger partial charge on any atom is 0.310 e. The lowest BCUT2D eigenvalue weighted by Gasteiger charge is -2.12. The Morgan fingerprint density at radius 3 is 2.59 bits per heavy atom. The zero-order valence-electron chi connectivity index (χ0n) is 18.7. The highest BCUT2D eigenvalue weighted by Crippen LogP contribution is 2.36. The lowest BCUT2D eigenvalue weighted by Crippen LogP contribution is -2.09. The molecule has 0 unspecified atom stereocenters. The molecule has 4 rings (SSSR count). The second-order valence-electron chi connectivity index (χ2n) is 7.74. The number of carbonyl (C=O) groups excluding carboxylic acids is 1. The number of ether oxygens (including phenoxy) is 2. The van der Waals surface area contributed by atoms with Crippen LogP contribution in [0.1, 0.15) is 35.8 Å². The number of esters is 1. The first-order valence-electron chi connectivity index (χ1n) is 11.0. The molecule has 3 aromatic carbocycles. The van der Waals surface area contributed by atoms with Gasteiger partial charge in [-0.1, -0.05) is 42.5 Å². The van der Waals surface area contributed by atoms with Gasteiger partial charge >= 0.3 is 5.97 Å². The van der Waals surface area contributed by atoms with Gasteiger partial charge < -0.3 is 19.6 Å². The van der Waals surface area contributed by atoms with Crippen LogP contribution in [0.15, 0.2) is 71.1 Å². The van der Waals surface area contributed by atoms with E-state index in [2.05, 4.69) is 0 Å². The Labute approximate surface area is 196 Å². The average molecular weight is 465 g/mol. The monoisotopic (exact) mass is 465 g/mol. The molecule has 0 saturated heterocycles. The van der Waals surface area contributed by atoms with Crippen molar-refractivity contribution >= 4 is 16.9 Å². The molecule has 0 atom stereocenters. The molecule has 0 aliphatic heterocycles. The van der Waals surface area contributed by atoms with Gasteiger partial charge in [0.25, 0.3) is 6.43 Å². The summed E-state index contributed by atoms with van der Waals surface area (Å²) in [5.41, 5.74) is 9.75. The van der Waals surface area contributed by atoms with Crippen LogP contribution in [0.25, 0.3) is 22.1 Å². The number of hydrogen-bond donors (Lipinski definition) is 1. The predicted molar refractivity (Wildman–Crippen MR) is 126 cm³/mol. The third-order valence-corrected chi connectivity index (χ3v) is 5.50. The molecule has 0 radical (unpaired) electrons. The van der Waals surface area contributed by atoms with E-state index in [4.69, 9.17) is 19.6 Å². The van der Waals surface area contributed by atoms with Crippen molar-refractivity contribution in [3.63, 3.8) is 0 Å². The van der Waals surface area contributed by atoms with Gasteiger partial charge in [-0.2, -0.15) is 0 Å². The van der Waals surface area contributed by atoms with Gasteiger partial charge in [-0.05, 0) is 47.9 Å². The van der Waals surface area contributed by atoms with Crippen molar-refractivity contribution in [2.75, 3.05) is 6.61 Å². The molecular weight excluding hydrogens is 440 g/mol. The Hall–Kier alpha value is -3.71. The van der Waals surface area contributed by atoms with Crippen molar-refractivity contribution in [1.29, 1.82) is 0 Å². The summed E-state index contributed by atoms with van der Waals surface area (Å²) in [5.74, 6) is -0.382. The summed E-state index contributed by atoms with van der Waals surface area (Å²) in [6.45, 7) is 2.27. The first-order valence-corrected chi connectivity index (χ1v) is 11.0. The number of carbonyl (C=O) groups is 1. The Kier molecular flexibility index (Phi) is 7.23. The Morgan fingerprint density at radius 1 is 1.03 bits per heavy atom. The molecule has 0 aliphatic carbocycles. The van der Waals surface area contributed by atoms with Gasteiger partial charge in [0.05, 0.1) is 13.0 Å². The highest BCUT2D eigenvalue weighted by molar-refractivity contribution is 5.87. The fourth-order valence-corrected chi connectivity index (χ4v) is 3.86. The number of halogens is 2. The molecule has 0 spiro atoms. The number of nitrogens with two attached hydrogens (primary N) is 1. The number of benzene rings is 3. The first kappa shape index (κ1) is 23.4. The molecule has 0 bridgehead atoms. The summed E-state index contributed by atoms with van der Waals surface area (Å²) >= 11 is 0. The first-order chi connectivity index (χ1) is 16.5. The van der Waals surface area contributed by atoms with Crippen molar-refractivity contribution in [3.8, 4) is 16.9 Å². The van der Waals surface area contributed by atoms with Gasteiger partial charge in [-0.3, -0.25) is 4.79 Å². The quantitative estimate of drug-likeness (QED) is 0.299. The summed E-state index contributed by atoms with van der Waals surface area (Å²) in [6, 6.07) is 20.1. The predicted octanol–water partition coefficient (Wildman–Crippen LogP) is 6.18. The van der Waals surface area contributed by atoms with Crippen molar-refractivity contribution in [3.05, 3.63) is 89.2 Å². The molecular formula is C27H25F2NO4. The third-order valence-electron chi connectivity index (χ3n) is 5.50. The highest BCUT2D eigenvalue weighted by Gasteiger charge is 2.23. The average Bonchev–Trinajstić information content (AvgIpc) is 3.22. The topological polar surface area (TPSA) is 74.7 Å². The minimum atomic E-state index is -2.80. The maximum atomic E-state index is 13.8. The number of alkyl halides is 2. The van der Waals surface area contributed by atoms with E-state index in [0.29, 0.717) is 28.8 Å². The largest absolute Gasteiger partial charge is 0.488 e. The summed E-state index contributed by atoms with van der Waals surface area (Å²) in [6.07, 6.45) is -2.77. The zero-order valence-corrected chi connectivity index (χ0v) is 18.7. The number of hydrogen-bond acceptors (Lipinski definition) is 5. The molecule has 34 heavy (non-hydrogen) atoms. The van der Waals surface area contributed by atoms with Gasteiger partial charge in [0.2, 0.25) is 0 Å². The Bertz CT molecular complexity index is 1300. The summed E-state index contributed by atoms with van der Waals surface area (Å²) < 4.78 is 44.1. The standard InChI is InChI=1S/C27H25F2NO4/c1-2-32-25(31)14-20-7-3-4-9-23(20)33-16-22-21-13-19(18-8-5-6-17(12-18)15-30)10-11-24(21)34-26(22)27(28)29/h3-13,27H,2,14-16,30H2,1H3. The molecule has 0 aliphatic rings. The van der Waals surface area contributed by atoms with Crippen LogP contribution in [0.5, 0.6) is 5.75 Å². The molecule has 176 valence electrons. The molecule has 1 heterocycles. The van der Waals surface area contributed by atoms with E-state index in [-0.39, 0.29) is 31.2 Å². The lowest BCUT2D eigenvalue weighted by atomic mass is 10.0. The van der Waals surface area contributed by atoms with Crippen LogP contribution in [0.2, 0.25) is 0 Å². The van der Waals surface area contributed by atoms with E-state index in [1.54, 1.807) is 37.3 Å². The SMILES string of the molecule is CCOC(=O)Cc1ccccc1OCc1c(C(F)F)oc2ccc(-c3cccc(CN)c3)cc12. The molecule has 2 N–H and O–H groups in total. The molecule has 1 aromatic heterocycles. The second kappa shape index (κ2) is 10.5. The van der Waals surface area contributed by atoms with Gasteiger partial charge in [0.15, 0.2) is 5.76 Å². The summed E-state index contributed by atoms with van der Waals surface area (Å²) in [7, 11) is 0. The van der Waals surface area contributed by atoms with Crippen LogP contribution in [0.3, 0.4) is 0 Å². The fourth-order valence-electron chi connectivity index (χ4n) is 3.86. The fraction of sp³-hybridized carbons (Fsp3) is 0.222. The van der Waals surface area contributed by atoms with E-state index in [1.807, 2.05) is 36.4 Å². The van der Waals surface area contributed by atoms with Crippen LogP contribution < -0.4 is 10.5 Å². The zero-order chi connectivity index (χ0) is 24.1. The number of para-hydroxylation sites is 1. The number of fused-ring (bicyclic) bond motifs is 1. The van der Waals surface area contributed by atoms with E-state index < -0.39 is 12.2 Å². The van der Waals surface area contributed by atoms with E-state index in [0.717, 1.165) is 16.7 Å². The Morgan fingerprint density at radius 2 is 1.82 bits per heavy atom. The van der Waals surface area contributed by atoms with Crippen molar-refractivity contribution in [1.82, 2.24) is 0 Å². The van der Waals surface area contributed by atoms with Gasteiger partial charge in [-0.15, -0.1) is 0 Å². The van der Waals surface area contributed by atoms with Crippen molar-refractivity contribution in [2.24, 2.45) is 5.73 Å². The van der Waals surface area contributed by atoms with Gasteiger partial charge in [0, 0.05) is 23.1 Å². The number of furan rings is 1. The van der Waals surface area contributed by atoms with E-state index in [9.17, 15) is 13.6 Å². The second-order valence-corrected chi connectivity index (χ2v) is 7.74. The van der Waals surface area contributed by atoms with Gasteiger partial charge in [0.1, 0.15) is 17.9 Å². The van der Waals surface area contributed by atoms with E-state index in [1.165, 1.54) is 0 Å². The molecule has 5 nitrogen and oxygen atoms in total. The smallest absolute Gasteiger partial charge is 0.310 e. The minimum Gasteiger partial charge on any atom is -0.488 e. The van der Waals surface area contributed by atoms with E-state index >= 15 is 0 Å². The summed E-state index contributed by atoms with van der Waals surface area (Å²) in [4.78, 5) is 11.9. The van der Waals surface area contributed by atoms with Crippen LogP contribution in [-0.2, 0) is 29.1 Å². The molecule has 4 aromatic rings. The highest BCUT2D eigenvalue weighted by atomic mass is 19.3. The summed E-state index contributed by atoms with van der Waals surface area (Å²) in [5, 5.41) is 0.550. The van der Waals surface area contributed by atoms with Crippen LogP contribution >= 0.6 is 0 Å². The number of rotatable bonds is 9. The lowest BCUT2D eigenvalue weighted by molar-refractivity contribution is -0.142. The molecule has 7 heteroatoms. The molecule has 0 fully saturated rings. The van der Waals surface area contributed by atoms with Crippen LogP contribution in [0, 0.1) is 0 Å². The Balaban J connectivity index is 1.68. The third kappa shape index (κ3) is 5.10. The van der Waals surface area contributed by atoms with Crippen molar-refractivity contribution in [2.45, 2.75) is 32.9 Å².